The second kappa shape index (κ2) is 17.4. The summed E-state index contributed by atoms with van der Waals surface area (Å²) in [5.41, 5.74) is 0. The number of hydrogen-bond donors (Lipinski definition) is 1. The molecule has 0 spiro atoms. The predicted octanol–water partition coefficient (Wildman–Crippen LogP) is 2.77. The number of carbonyl (C=O) groups excluding carboxylic acids is 1. The topological polar surface area (TPSA) is 37.3 Å². The van der Waals surface area contributed by atoms with Crippen LogP contribution in [0.4, 0.5) is 8.78 Å². The minimum atomic E-state index is -1.83. The Hall–Kier alpha value is -0.770. The second-order valence-corrected chi connectivity index (χ2v) is 2.32. The normalized spacial score (nSPS) is 7.23. The van der Waals surface area contributed by atoms with Gasteiger partial charge in [-0.3, -0.25) is 0 Å². The third-order valence-electron chi connectivity index (χ3n) is 0.512. The molecule has 0 atom stereocenters. The van der Waals surface area contributed by atoms with Crippen LogP contribution in [0.1, 0.15) is 33.6 Å². The molecule has 0 heterocycles. The van der Waals surface area contributed by atoms with Gasteiger partial charge in [0.2, 0.25) is 0 Å². The van der Waals surface area contributed by atoms with Gasteiger partial charge in [0.15, 0.2) is 0 Å². The Bertz CT molecular complexity index is 103. The first kappa shape index (κ1) is 18.1. The van der Waals surface area contributed by atoms with E-state index in [0.717, 1.165) is 12.8 Å². The molecule has 0 amide bonds. The summed E-state index contributed by atoms with van der Waals surface area (Å²) in [5, 5.41) is 8.07. The average Bonchev–Trinajstić information content (AvgIpc) is 1.86. The van der Waals surface area contributed by atoms with Crippen molar-refractivity contribution >= 4 is 5.78 Å². The maximum Gasteiger partial charge on any atom is 0.263 e. The van der Waals surface area contributed by atoms with E-state index in [1.165, 1.54) is 13.8 Å². The Morgan fingerprint density at radius 2 is 1.62 bits per heavy atom. The predicted molar refractivity (Wildman–Crippen MR) is 49.7 cm³/mol. The number of aliphatic hydroxyl groups is 1. The fourth-order valence-electron chi connectivity index (χ4n) is 0.158. The molecule has 0 aliphatic rings. The summed E-state index contributed by atoms with van der Waals surface area (Å²) in [5.74, 6) is 0.167. The van der Waals surface area contributed by atoms with Crippen molar-refractivity contribution < 1.29 is 18.7 Å². The first-order valence-electron chi connectivity index (χ1n) is 3.96. The summed E-state index contributed by atoms with van der Waals surface area (Å²) < 4.78 is 20.3. The maximum absolute atomic E-state index is 10.1. The van der Waals surface area contributed by atoms with Crippen LogP contribution in [0.3, 0.4) is 0 Å². The van der Waals surface area contributed by atoms with Gasteiger partial charge in [-0.2, -0.15) is 8.78 Å². The number of halogens is 2. The first-order chi connectivity index (χ1) is 5.88. The summed E-state index contributed by atoms with van der Waals surface area (Å²) in [6, 6.07) is 0. The molecular weight excluding hydrogens is 178 g/mol. The lowest BCUT2D eigenvalue weighted by molar-refractivity contribution is -0.114. The quantitative estimate of drug-likeness (QED) is 0.737. The first-order valence-corrected chi connectivity index (χ1v) is 3.96. The van der Waals surface area contributed by atoms with E-state index in [1.807, 2.05) is 0 Å². The molecule has 0 saturated carbocycles. The van der Waals surface area contributed by atoms with Gasteiger partial charge in [-0.15, -0.1) is 0 Å². The lowest BCUT2D eigenvalue weighted by atomic mass is 10.4. The number of ketones is 1. The molecule has 0 fully saturated rings. The number of hydrogen-bond acceptors (Lipinski definition) is 2. The third kappa shape index (κ3) is 632. The highest BCUT2D eigenvalue weighted by atomic mass is 19.3. The molecule has 0 aromatic heterocycles. The molecule has 0 saturated heterocycles. The van der Waals surface area contributed by atoms with Crippen LogP contribution in [0.25, 0.3) is 0 Å². The van der Waals surface area contributed by atoms with E-state index in [0.29, 0.717) is 6.61 Å². The van der Waals surface area contributed by atoms with Crippen molar-refractivity contribution in [2.75, 3.05) is 6.61 Å². The summed E-state index contributed by atoms with van der Waals surface area (Å²) >= 11 is 0. The standard InChI is InChI=1S/C4H10O.C3H6O.C2H2F2/c1-2-3-4-5;1-3(2)4;1-2(3)4/h5H,2-4H2,1H3;1-2H3;1H2. The average molecular weight is 196 g/mol. The van der Waals surface area contributed by atoms with Gasteiger partial charge in [0, 0.05) is 6.61 Å². The van der Waals surface area contributed by atoms with E-state index in [9.17, 15) is 13.6 Å². The molecule has 0 bridgehead atoms. The molecule has 0 aliphatic carbocycles. The van der Waals surface area contributed by atoms with Crippen LogP contribution in [0.5, 0.6) is 0 Å². The Kier molecular flexibility index (Phi) is 24.2. The van der Waals surface area contributed by atoms with Crippen LogP contribution in [0.15, 0.2) is 12.7 Å². The molecule has 0 aromatic rings. The fourth-order valence-corrected chi connectivity index (χ4v) is 0.158. The molecule has 13 heavy (non-hydrogen) atoms. The fraction of sp³-hybridized carbons (Fsp3) is 0.667. The lowest BCUT2D eigenvalue weighted by Crippen LogP contribution is -1.75. The van der Waals surface area contributed by atoms with Crippen LogP contribution >= 0.6 is 0 Å². The SMILES string of the molecule is C=C(F)F.CC(C)=O.CCCCO. The number of carbonyl (C=O) groups is 1. The Morgan fingerprint density at radius 3 is 1.62 bits per heavy atom. The van der Waals surface area contributed by atoms with Crippen molar-refractivity contribution in [3.63, 3.8) is 0 Å². The van der Waals surface area contributed by atoms with Crippen LogP contribution in [0, 0.1) is 0 Å². The van der Waals surface area contributed by atoms with Gasteiger partial charge in [0.05, 0.1) is 0 Å². The van der Waals surface area contributed by atoms with Crippen LogP contribution in [-0.2, 0) is 4.79 Å². The zero-order valence-electron chi connectivity index (χ0n) is 8.44. The molecule has 0 unspecified atom stereocenters. The van der Waals surface area contributed by atoms with E-state index in [4.69, 9.17) is 5.11 Å². The van der Waals surface area contributed by atoms with E-state index in [1.54, 1.807) is 0 Å². The molecular formula is C9H18F2O2. The molecule has 1 N–H and O–H groups in total. The Labute approximate surface area is 78.3 Å². The Morgan fingerprint density at radius 1 is 1.38 bits per heavy atom. The van der Waals surface area contributed by atoms with Gasteiger partial charge >= 0.3 is 0 Å². The Balaban J connectivity index is -0.000000117. The van der Waals surface area contributed by atoms with Gasteiger partial charge < -0.3 is 9.90 Å². The van der Waals surface area contributed by atoms with E-state index < -0.39 is 6.08 Å². The second-order valence-electron chi connectivity index (χ2n) is 2.32. The molecule has 0 rings (SSSR count). The van der Waals surface area contributed by atoms with Gasteiger partial charge in [0.1, 0.15) is 5.78 Å². The summed E-state index contributed by atoms with van der Waals surface area (Å²) in [4.78, 5) is 9.44. The van der Waals surface area contributed by atoms with E-state index in [-0.39, 0.29) is 5.78 Å². The largest absolute Gasteiger partial charge is 0.396 e. The van der Waals surface area contributed by atoms with Crippen molar-refractivity contribution in [3.8, 4) is 0 Å². The molecule has 2 nitrogen and oxygen atoms in total. The van der Waals surface area contributed by atoms with Crippen LogP contribution < -0.4 is 0 Å². The highest BCUT2D eigenvalue weighted by Crippen LogP contribution is 1.85. The molecule has 80 valence electrons. The zero-order valence-corrected chi connectivity index (χ0v) is 8.44. The zero-order chi connectivity index (χ0) is 11.3. The maximum atomic E-state index is 10.1. The van der Waals surface area contributed by atoms with Gasteiger partial charge in [0.25, 0.3) is 6.08 Å². The number of aliphatic hydroxyl groups excluding tert-OH is 1. The smallest absolute Gasteiger partial charge is 0.263 e. The van der Waals surface area contributed by atoms with Crippen LogP contribution in [-0.4, -0.2) is 17.5 Å². The van der Waals surface area contributed by atoms with E-state index in [2.05, 4.69) is 13.5 Å². The highest BCUT2D eigenvalue weighted by Gasteiger charge is 1.69. The number of Topliss-reactive ketones (excluding diaryl/α,β-unsaturated/α-hetero) is 1. The molecule has 0 radical (unpaired) electrons. The molecule has 0 aromatic carbocycles. The van der Waals surface area contributed by atoms with Gasteiger partial charge in [-0.05, 0) is 26.8 Å². The molecule has 4 heteroatoms. The van der Waals surface area contributed by atoms with Crippen molar-refractivity contribution in [3.05, 3.63) is 12.7 Å². The summed E-state index contributed by atoms with van der Waals surface area (Å²) in [6.07, 6.45) is 0.205. The summed E-state index contributed by atoms with van der Waals surface area (Å²) in [7, 11) is 0. The summed E-state index contributed by atoms with van der Waals surface area (Å²) in [6.45, 7) is 7.67. The number of unbranched alkanes of at least 4 members (excludes halogenated alkanes) is 1. The minimum Gasteiger partial charge on any atom is -0.396 e. The van der Waals surface area contributed by atoms with Gasteiger partial charge in [-0.25, -0.2) is 0 Å². The molecule has 0 aliphatic heterocycles. The van der Waals surface area contributed by atoms with Crippen molar-refractivity contribution in [1.29, 1.82) is 0 Å². The number of rotatable bonds is 2. The van der Waals surface area contributed by atoms with Gasteiger partial charge in [-0.1, -0.05) is 13.3 Å². The highest BCUT2D eigenvalue weighted by molar-refractivity contribution is 5.72. The van der Waals surface area contributed by atoms with E-state index >= 15 is 0 Å². The minimum absolute atomic E-state index is 0.167. The van der Waals surface area contributed by atoms with Crippen molar-refractivity contribution in [1.82, 2.24) is 0 Å². The monoisotopic (exact) mass is 196 g/mol. The van der Waals surface area contributed by atoms with Crippen molar-refractivity contribution in [2.45, 2.75) is 33.6 Å². The lowest BCUT2D eigenvalue weighted by Gasteiger charge is -1.79. The van der Waals surface area contributed by atoms with Crippen molar-refractivity contribution in [2.24, 2.45) is 0 Å². The van der Waals surface area contributed by atoms with Crippen LogP contribution in [0.2, 0.25) is 0 Å². The third-order valence-corrected chi connectivity index (χ3v) is 0.512.